The number of ether oxygens (including phenoxy) is 2. The molecule has 6 heteroatoms. The number of nitrogens with zero attached hydrogens (tertiary/aromatic N) is 1. The molecule has 0 spiro atoms. The van der Waals surface area contributed by atoms with Crippen LogP contribution < -0.4 is 14.8 Å². The molecular formula is C17H24N2O4. The van der Waals surface area contributed by atoms with Gasteiger partial charge in [0.25, 0.3) is 0 Å². The molecule has 2 aliphatic rings. The zero-order chi connectivity index (χ0) is 16.2. The largest absolute Gasteiger partial charge is 0.493 e. The van der Waals surface area contributed by atoms with E-state index in [1.807, 2.05) is 18.2 Å². The molecule has 23 heavy (non-hydrogen) atoms. The first-order chi connectivity index (χ1) is 11.2. The first-order valence-corrected chi connectivity index (χ1v) is 8.16. The zero-order valence-corrected chi connectivity index (χ0v) is 13.5. The van der Waals surface area contributed by atoms with Gasteiger partial charge in [0.1, 0.15) is 6.61 Å². The fourth-order valence-corrected chi connectivity index (χ4v) is 3.31. The fourth-order valence-electron chi connectivity index (χ4n) is 3.31. The van der Waals surface area contributed by atoms with E-state index in [-0.39, 0.29) is 24.6 Å². The lowest BCUT2D eigenvalue weighted by Crippen LogP contribution is -2.51. The Balaban J connectivity index is 1.60. The standard InChI is InChI=1S/C17H24N2O4/c1-22-15-6-2-5-13-8-14(11-23-16(13)15)18-17(21)19-7-3-4-12(9-19)10-20/h2,5-6,12,14,20H,3-4,7-11H2,1H3,(H,18,21)/t12-,14+/m1/s1. The van der Waals surface area contributed by atoms with Gasteiger partial charge in [-0.1, -0.05) is 12.1 Å². The Morgan fingerprint density at radius 3 is 3.17 bits per heavy atom. The lowest BCUT2D eigenvalue weighted by atomic mass is 9.99. The van der Waals surface area contributed by atoms with E-state index in [2.05, 4.69) is 5.32 Å². The van der Waals surface area contributed by atoms with Gasteiger partial charge >= 0.3 is 6.03 Å². The van der Waals surface area contributed by atoms with Crippen LogP contribution in [0.25, 0.3) is 0 Å². The number of aliphatic hydroxyl groups is 1. The van der Waals surface area contributed by atoms with Crippen molar-refractivity contribution in [2.45, 2.75) is 25.3 Å². The van der Waals surface area contributed by atoms with E-state index in [4.69, 9.17) is 9.47 Å². The molecule has 0 radical (unpaired) electrons. The van der Waals surface area contributed by atoms with Gasteiger partial charge in [0, 0.05) is 25.3 Å². The number of para-hydroxylation sites is 1. The third kappa shape index (κ3) is 3.52. The average Bonchev–Trinajstić information content (AvgIpc) is 2.61. The van der Waals surface area contributed by atoms with Crippen molar-refractivity contribution in [3.05, 3.63) is 23.8 Å². The van der Waals surface area contributed by atoms with Crippen LogP contribution in [0.5, 0.6) is 11.5 Å². The maximum Gasteiger partial charge on any atom is 0.317 e. The number of nitrogens with one attached hydrogen (secondary N) is 1. The number of carbonyl (C=O) groups excluding carboxylic acids is 1. The summed E-state index contributed by atoms with van der Waals surface area (Å²) in [5.74, 6) is 1.70. The van der Waals surface area contributed by atoms with Crippen LogP contribution in [-0.4, -0.2) is 55.5 Å². The normalized spacial score (nSPS) is 23.7. The smallest absolute Gasteiger partial charge is 0.317 e. The van der Waals surface area contributed by atoms with Crippen molar-refractivity contribution in [1.29, 1.82) is 0 Å². The highest BCUT2D eigenvalue weighted by Gasteiger charge is 2.28. The van der Waals surface area contributed by atoms with Gasteiger partial charge in [0.05, 0.1) is 13.2 Å². The number of aliphatic hydroxyl groups excluding tert-OH is 1. The second kappa shape index (κ2) is 7.08. The van der Waals surface area contributed by atoms with Crippen molar-refractivity contribution < 1.29 is 19.4 Å². The molecule has 0 aromatic heterocycles. The molecule has 3 rings (SSSR count). The predicted octanol–water partition coefficient (Wildman–Crippen LogP) is 1.41. The minimum absolute atomic E-state index is 0.0448. The van der Waals surface area contributed by atoms with Gasteiger partial charge in [-0.2, -0.15) is 0 Å². The first-order valence-electron chi connectivity index (χ1n) is 8.16. The molecule has 0 saturated carbocycles. The number of carbonyl (C=O) groups is 1. The van der Waals surface area contributed by atoms with Crippen molar-refractivity contribution >= 4 is 6.03 Å². The van der Waals surface area contributed by atoms with E-state index >= 15 is 0 Å². The Morgan fingerprint density at radius 1 is 1.52 bits per heavy atom. The van der Waals surface area contributed by atoms with E-state index in [1.54, 1.807) is 12.0 Å². The number of urea groups is 1. The maximum atomic E-state index is 12.4. The monoisotopic (exact) mass is 320 g/mol. The molecule has 0 unspecified atom stereocenters. The van der Waals surface area contributed by atoms with Gasteiger partial charge in [-0.25, -0.2) is 4.79 Å². The average molecular weight is 320 g/mol. The number of piperidine rings is 1. The zero-order valence-electron chi connectivity index (χ0n) is 13.5. The van der Waals surface area contributed by atoms with Crippen LogP contribution in [0, 0.1) is 5.92 Å². The number of methoxy groups -OCH3 is 1. The highest BCUT2D eigenvalue weighted by atomic mass is 16.5. The maximum absolute atomic E-state index is 12.4. The van der Waals surface area contributed by atoms with Gasteiger partial charge in [0.2, 0.25) is 0 Å². The Hall–Kier alpha value is -1.95. The van der Waals surface area contributed by atoms with Crippen LogP contribution in [0.4, 0.5) is 4.79 Å². The minimum Gasteiger partial charge on any atom is -0.493 e. The number of likely N-dealkylation sites (tertiary alicyclic amines) is 1. The van der Waals surface area contributed by atoms with E-state index in [0.29, 0.717) is 13.2 Å². The Labute approximate surface area is 136 Å². The number of benzene rings is 1. The third-order valence-corrected chi connectivity index (χ3v) is 4.57. The summed E-state index contributed by atoms with van der Waals surface area (Å²) in [7, 11) is 1.63. The number of fused-ring (bicyclic) bond motifs is 1. The molecule has 126 valence electrons. The van der Waals surface area contributed by atoms with E-state index in [1.165, 1.54) is 0 Å². The van der Waals surface area contributed by atoms with E-state index < -0.39 is 0 Å². The van der Waals surface area contributed by atoms with Crippen LogP contribution in [0.2, 0.25) is 0 Å². The predicted molar refractivity (Wildman–Crippen MR) is 85.9 cm³/mol. The molecular weight excluding hydrogens is 296 g/mol. The second-order valence-corrected chi connectivity index (χ2v) is 6.25. The number of hydrogen-bond acceptors (Lipinski definition) is 4. The summed E-state index contributed by atoms with van der Waals surface area (Å²) in [5.41, 5.74) is 1.05. The summed E-state index contributed by atoms with van der Waals surface area (Å²) in [6, 6.07) is 5.70. The van der Waals surface area contributed by atoms with Crippen molar-refractivity contribution in [2.75, 3.05) is 33.4 Å². The van der Waals surface area contributed by atoms with Crippen LogP contribution in [-0.2, 0) is 6.42 Å². The van der Waals surface area contributed by atoms with Crippen LogP contribution in [0.1, 0.15) is 18.4 Å². The van der Waals surface area contributed by atoms with Crippen LogP contribution in [0.3, 0.4) is 0 Å². The van der Waals surface area contributed by atoms with E-state index in [9.17, 15) is 9.90 Å². The molecule has 0 aliphatic carbocycles. The Kier molecular flexibility index (Phi) is 4.91. The fraction of sp³-hybridized carbons (Fsp3) is 0.588. The topological polar surface area (TPSA) is 71.0 Å². The van der Waals surface area contributed by atoms with Gasteiger partial charge in [-0.05, 0) is 31.2 Å². The summed E-state index contributed by atoms with van der Waals surface area (Å²) in [6.45, 7) is 1.96. The SMILES string of the molecule is COc1cccc2c1OC[C@@H](NC(=O)N1CCC[C@@H](CO)C1)C2. The van der Waals surface area contributed by atoms with Gasteiger partial charge < -0.3 is 24.8 Å². The van der Waals surface area contributed by atoms with Gasteiger partial charge in [-0.3, -0.25) is 0 Å². The van der Waals surface area contributed by atoms with Crippen molar-refractivity contribution in [3.8, 4) is 11.5 Å². The summed E-state index contributed by atoms with van der Waals surface area (Å²) < 4.78 is 11.1. The summed E-state index contributed by atoms with van der Waals surface area (Å²) in [6.07, 6.45) is 2.66. The van der Waals surface area contributed by atoms with Crippen molar-refractivity contribution in [3.63, 3.8) is 0 Å². The Bertz CT molecular complexity index is 564. The highest BCUT2D eigenvalue weighted by Crippen LogP contribution is 2.34. The molecule has 1 aromatic carbocycles. The number of rotatable bonds is 3. The number of amides is 2. The minimum atomic E-state index is -0.0666. The lowest BCUT2D eigenvalue weighted by Gasteiger charge is -2.34. The van der Waals surface area contributed by atoms with Crippen molar-refractivity contribution in [1.82, 2.24) is 10.2 Å². The third-order valence-electron chi connectivity index (χ3n) is 4.57. The Morgan fingerprint density at radius 2 is 2.39 bits per heavy atom. The van der Waals surface area contributed by atoms with Gasteiger partial charge in [-0.15, -0.1) is 0 Å². The molecule has 1 aromatic rings. The number of hydrogen-bond donors (Lipinski definition) is 2. The summed E-state index contributed by atoms with van der Waals surface area (Å²) in [4.78, 5) is 14.2. The first kappa shape index (κ1) is 15.9. The van der Waals surface area contributed by atoms with E-state index in [0.717, 1.165) is 42.9 Å². The van der Waals surface area contributed by atoms with Crippen molar-refractivity contribution in [2.24, 2.45) is 5.92 Å². The molecule has 2 N–H and O–H groups in total. The molecule has 2 amide bonds. The molecule has 1 saturated heterocycles. The van der Waals surface area contributed by atoms with Gasteiger partial charge in [0.15, 0.2) is 11.5 Å². The molecule has 1 fully saturated rings. The summed E-state index contributed by atoms with van der Waals surface area (Å²) >= 11 is 0. The second-order valence-electron chi connectivity index (χ2n) is 6.25. The molecule has 2 heterocycles. The van der Waals surface area contributed by atoms with Crippen LogP contribution in [0.15, 0.2) is 18.2 Å². The van der Waals surface area contributed by atoms with Crippen LogP contribution >= 0.6 is 0 Å². The lowest BCUT2D eigenvalue weighted by molar-refractivity contribution is 0.124. The summed E-state index contributed by atoms with van der Waals surface area (Å²) in [5, 5.41) is 12.3. The molecule has 6 nitrogen and oxygen atoms in total. The highest BCUT2D eigenvalue weighted by molar-refractivity contribution is 5.74. The molecule has 2 atom stereocenters. The molecule has 0 bridgehead atoms. The molecule has 2 aliphatic heterocycles. The quantitative estimate of drug-likeness (QED) is 0.883.